The molecule has 0 bridgehead atoms. The Morgan fingerprint density at radius 1 is 1.41 bits per heavy atom. The summed E-state index contributed by atoms with van der Waals surface area (Å²) in [6.07, 6.45) is 1.21. The molecule has 2 rings (SSSR count). The largest absolute Gasteiger partial charge is 0.387 e. The highest BCUT2D eigenvalue weighted by Crippen LogP contribution is 2.16. The zero-order valence-electron chi connectivity index (χ0n) is 9.68. The van der Waals surface area contributed by atoms with Gasteiger partial charge in [0.1, 0.15) is 5.82 Å². The molecule has 3 nitrogen and oxygen atoms in total. The summed E-state index contributed by atoms with van der Waals surface area (Å²) in [5.74, 6) is 1.98. The maximum absolute atomic E-state index is 12.7. The number of aromatic nitrogens is 1. The van der Waals surface area contributed by atoms with E-state index in [-0.39, 0.29) is 5.82 Å². The van der Waals surface area contributed by atoms with Crippen LogP contribution >= 0.6 is 11.8 Å². The molecule has 1 aliphatic rings. The van der Waals surface area contributed by atoms with Crippen molar-refractivity contribution in [3.63, 3.8) is 0 Å². The molecule has 0 aromatic carbocycles. The van der Waals surface area contributed by atoms with Gasteiger partial charge in [-0.1, -0.05) is 0 Å². The standard InChI is InChI=1S/C12H17FN2OS/c13-10-1-2-11(14-9-10)12(16)3-4-15-5-7-17-8-6-15/h1-2,9,12,16H,3-8H2. The first-order valence-corrected chi connectivity index (χ1v) is 7.01. The maximum Gasteiger partial charge on any atom is 0.141 e. The number of halogens is 1. The van der Waals surface area contributed by atoms with Crippen molar-refractivity contribution in [3.05, 3.63) is 29.8 Å². The predicted octanol–water partition coefficient (Wildman–Crippen LogP) is 1.69. The van der Waals surface area contributed by atoms with Crippen LogP contribution < -0.4 is 0 Å². The van der Waals surface area contributed by atoms with E-state index in [0.717, 1.165) is 25.8 Å². The van der Waals surface area contributed by atoms with Gasteiger partial charge in [-0.15, -0.1) is 0 Å². The molecule has 1 unspecified atom stereocenters. The van der Waals surface area contributed by atoms with Crippen LogP contribution in [0.15, 0.2) is 18.3 Å². The predicted molar refractivity (Wildman–Crippen MR) is 67.5 cm³/mol. The Morgan fingerprint density at radius 3 is 2.82 bits per heavy atom. The van der Waals surface area contributed by atoms with Gasteiger partial charge in [0.05, 0.1) is 18.0 Å². The summed E-state index contributed by atoms with van der Waals surface area (Å²) in [5, 5.41) is 9.93. The molecular formula is C12H17FN2OS. The highest BCUT2D eigenvalue weighted by Gasteiger charge is 2.14. The van der Waals surface area contributed by atoms with Crippen LogP contribution in [0.25, 0.3) is 0 Å². The highest BCUT2D eigenvalue weighted by molar-refractivity contribution is 7.99. The lowest BCUT2D eigenvalue weighted by Gasteiger charge is -2.26. The van der Waals surface area contributed by atoms with Gasteiger partial charge in [-0.05, 0) is 18.6 Å². The van der Waals surface area contributed by atoms with Crippen molar-refractivity contribution in [1.82, 2.24) is 9.88 Å². The molecule has 94 valence electrons. The minimum atomic E-state index is -0.592. The van der Waals surface area contributed by atoms with Crippen LogP contribution in [0.3, 0.4) is 0 Å². The van der Waals surface area contributed by atoms with E-state index >= 15 is 0 Å². The molecule has 1 saturated heterocycles. The quantitative estimate of drug-likeness (QED) is 0.889. The third-order valence-electron chi connectivity index (χ3n) is 2.91. The SMILES string of the molecule is OC(CCN1CCSCC1)c1ccc(F)cn1. The first-order valence-electron chi connectivity index (χ1n) is 5.85. The molecular weight excluding hydrogens is 239 g/mol. The topological polar surface area (TPSA) is 36.4 Å². The normalized spacial score (nSPS) is 19.2. The Morgan fingerprint density at radius 2 is 2.18 bits per heavy atom. The fourth-order valence-electron chi connectivity index (χ4n) is 1.86. The van der Waals surface area contributed by atoms with E-state index in [9.17, 15) is 9.50 Å². The summed E-state index contributed by atoms with van der Waals surface area (Å²) in [4.78, 5) is 6.24. The minimum Gasteiger partial charge on any atom is -0.387 e. The van der Waals surface area contributed by atoms with Crippen molar-refractivity contribution in [2.45, 2.75) is 12.5 Å². The number of hydrogen-bond donors (Lipinski definition) is 1. The first kappa shape index (κ1) is 12.8. The van der Waals surface area contributed by atoms with E-state index in [1.54, 1.807) is 6.07 Å². The van der Waals surface area contributed by atoms with Gasteiger partial charge in [0.25, 0.3) is 0 Å². The van der Waals surface area contributed by atoms with E-state index in [4.69, 9.17) is 0 Å². The van der Waals surface area contributed by atoms with Crippen molar-refractivity contribution < 1.29 is 9.50 Å². The van der Waals surface area contributed by atoms with E-state index < -0.39 is 6.10 Å². The Balaban J connectivity index is 1.80. The van der Waals surface area contributed by atoms with Crippen molar-refractivity contribution in [1.29, 1.82) is 0 Å². The molecule has 1 fully saturated rings. The van der Waals surface area contributed by atoms with Crippen molar-refractivity contribution in [3.8, 4) is 0 Å². The van der Waals surface area contributed by atoms with E-state index in [2.05, 4.69) is 9.88 Å². The Kier molecular flexibility index (Phi) is 4.76. The van der Waals surface area contributed by atoms with Crippen molar-refractivity contribution in [2.24, 2.45) is 0 Å². The van der Waals surface area contributed by atoms with Crippen LogP contribution in [0.2, 0.25) is 0 Å². The number of aliphatic hydroxyl groups excluding tert-OH is 1. The molecule has 0 spiro atoms. The number of nitrogens with zero attached hydrogens (tertiary/aromatic N) is 2. The van der Waals surface area contributed by atoms with Crippen LogP contribution in [0.1, 0.15) is 18.2 Å². The van der Waals surface area contributed by atoms with Crippen molar-refractivity contribution in [2.75, 3.05) is 31.1 Å². The number of aliphatic hydroxyl groups is 1. The van der Waals surface area contributed by atoms with Crippen molar-refractivity contribution >= 4 is 11.8 Å². The summed E-state index contributed by atoms with van der Waals surface area (Å²) >= 11 is 1.97. The van der Waals surface area contributed by atoms with Crippen LogP contribution in [-0.2, 0) is 0 Å². The Bertz CT molecular complexity index is 341. The lowest BCUT2D eigenvalue weighted by molar-refractivity contribution is 0.141. The molecule has 17 heavy (non-hydrogen) atoms. The number of pyridine rings is 1. The average Bonchev–Trinajstić information content (AvgIpc) is 2.38. The molecule has 2 heterocycles. The van der Waals surface area contributed by atoms with Gasteiger partial charge in [-0.3, -0.25) is 4.98 Å². The molecule has 1 aliphatic heterocycles. The zero-order chi connectivity index (χ0) is 12.1. The second-order valence-corrected chi connectivity index (χ2v) is 5.38. The van der Waals surface area contributed by atoms with Crippen LogP contribution in [0.5, 0.6) is 0 Å². The van der Waals surface area contributed by atoms with Gasteiger partial charge in [-0.2, -0.15) is 11.8 Å². The minimum absolute atomic E-state index is 0.367. The molecule has 1 atom stereocenters. The summed E-state index contributed by atoms with van der Waals surface area (Å²) in [5.41, 5.74) is 0.554. The van der Waals surface area contributed by atoms with Gasteiger partial charge < -0.3 is 10.0 Å². The molecule has 1 aromatic heterocycles. The third kappa shape index (κ3) is 3.94. The second kappa shape index (κ2) is 6.33. The number of rotatable bonds is 4. The Hall–Kier alpha value is -0.650. The highest BCUT2D eigenvalue weighted by atomic mass is 32.2. The molecule has 1 N–H and O–H groups in total. The number of thioether (sulfide) groups is 1. The summed E-state index contributed by atoms with van der Waals surface area (Å²) in [6.45, 7) is 3.06. The van der Waals surface area contributed by atoms with Gasteiger partial charge >= 0.3 is 0 Å². The second-order valence-electron chi connectivity index (χ2n) is 4.16. The van der Waals surface area contributed by atoms with E-state index in [1.807, 2.05) is 11.8 Å². The average molecular weight is 256 g/mol. The third-order valence-corrected chi connectivity index (χ3v) is 3.86. The van der Waals surface area contributed by atoms with E-state index in [1.165, 1.54) is 17.6 Å². The van der Waals surface area contributed by atoms with Crippen LogP contribution in [0, 0.1) is 5.82 Å². The summed E-state index contributed by atoms with van der Waals surface area (Å²) in [6, 6.07) is 2.88. The summed E-state index contributed by atoms with van der Waals surface area (Å²) < 4.78 is 12.7. The number of hydrogen-bond acceptors (Lipinski definition) is 4. The Labute approximate surface area is 105 Å². The summed E-state index contributed by atoms with van der Waals surface area (Å²) in [7, 11) is 0. The van der Waals surface area contributed by atoms with Gasteiger partial charge in [0.15, 0.2) is 0 Å². The molecule has 0 saturated carbocycles. The molecule has 0 aliphatic carbocycles. The van der Waals surface area contributed by atoms with Gasteiger partial charge in [0.2, 0.25) is 0 Å². The lowest BCUT2D eigenvalue weighted by atomic mass is 10.1. The zero-order valence-corrected chi connectivity index (χ0v) is 10.5. The van der Waals surface area contributed by atoms with E-state index in [0.29, 0.717) is 12.1 Å². The monoisotopic (exact) mass is 256 g/mol. The molecule has 0 radical (unpaired) electrons. The fraction of sp³-hybridized carbons (Fsp3) is 0.583. The molecule has 5 heteroatoms. The van der Waals surface area contributed by atoms with Gasteiger partial charge in [-0.25, -0.2) is 4.39 Å². The van der Waals surface area contributed by atoms with Crippen LogP contribution in [0.4, 0.5) is 4.39 Å². The smallest absolute Gasteiger partial charge is 0.141 e. The molecule has 1 aromatic rings. The molecule has 0 amide bonds. The lowest BCUT2D eigenvalue weighted by Crippen LogP contribution is -2.34. The maximum atomic E-state index is 12.7. The fourth-order valence-corrected chi connectivity index (χ4v) is 2.84. The first-order chi connectivity index (χ1) is 8.25. The van der Waals surface area contributed by atoms with Crippen LogP contribution in [-0.4, -0.2) is 46.1 Å². The van der Waals surface area contributed by atoms with Gasteiger partial charge in [0, 0.05) is 31.1 Å².